The van der Waals surface area contributed by atoms with Crippen LogP contribution < -0.4 is 0 Å². The summed E-state index contributed by atoms with van der Waals surface area (Å²) in [5, 5.41) is 9.59. The van der Waals surface area contributed by atoms with Crippen LogP contribution in [0.5, 0.6) is 0 Å². The lowest BCUT2D eigenvalue weighted by molar-refractivity contribution is 0.0445. The Morgan fingerprint density at radius 2 is 2.17 bits per heavy atom. The van der Waals surface area contributed by atoms with Crippen LogP contribution >= 0.6 is 0 Å². The van der Waals surface area contributed by atoms with Gasteiger partial charge in [0.25, 0.3) is 0 Å². The van der Waals surface area contributed by atoms with E-state index in [9.17, 15) is 9.90 Å². The summed E-state index contributed by atoms with van der Waals surface area (Å²) in [6.45, 7) is 11.2. The first-order valence-electron chi connectivity index (χ1n) is 8.85. The van der Waals surface area contributed by atoms with Crippen LogP contribution in [-0.2, 0) is 4.74 Å². The van der Waals surface area contributed by atoms with E-state index in [1.54, 1.807) is 7.11 Å². The molecule has 24 heavy (non-hydrogen) atoms. The molecule has 0 radical (unpaired) electrons. The predicted octanol–water partition coefficient (Wildman–Crippen LogP) is 2.59. The number of carbonyl (C=O) groups excluding carboxylic acids is 1. The number of Topliss-reactive ketones (excluding diaryl/α,β-unsaturated/α-hetero) is 1. The molecule has 5 nitrogen and oxygen atoms in total. The first-order valence-corrected chi connectivity index (χ1v) is 8.85. The monoisotopic (exact) mass is 336 g/mol. The third kappa shape index (κ3) is 4.08. The molecule has 0 spiro atoms. The number of aryl methyl sites for hydroxylation is 1. The zero-order valence-corrected chi connectivity index (χ0v) is 15.8. The second-order valence-corrected chi connectivity index (χ2v) is 7.67. The molecule has 0 bridgehead atoms. The van der Waals surface area contributed by atoms with Gasteiger partial charge in [0.05, 0.1) is 19.2 Å². The number of ether oxygens (including phenoxy) is 1. The van der Waals surface area contributed by atoms with Crippen molar-refractivity contribution < 1.29 is 14.6 Å². The maximum Gasteiger partial charge on any atom is 0.178 e. The average Bonchev–Trinajstić information content (AvgIpc) is 2.82. The van der Waals surface area contributed by atoms with Crippen LogP contribution in [0, 0.1) is 19.3 Å². The average molecular weight is 336 g/mol. The summed E-state index contributed by atoms with van der Waals surface area (Å²) >= 11 is 0. The topological polar surface area (TPSA) is 54.7 Å². The minimum atomic E-state index is -0.0810. The minimum Gasteiger partial charge on any atom is -0.396 e. The van der Waals surface area contributed by atoms with Crippen LogP contribution in [-0.4, -0.2) is 60.3 Å². The Bertz CT molecular complexity index is 581. The Morgan fingerprint density at radius 3 is 2.79 bits per heavy atom. The summed E-state index contributed by atoms with van der Waals surface area (Å²) in [5.41, 5.74) is 2.84. The van der Waals surface area contributed by atoms with Crippen LogP contribution in [0.25, 0.3) is 0 Å². The molecule has 2 heterocycles. The number of carbonyl (C=O) groups is 1. The predicted molar refractivity (Wildman–Crippen MR) is 95.7 cm³/mol. The van der Waals surface area contributed by atoms with E-state index in [2.05, 4.69) is 23.3 Å². The number of hydrogen-bond donors (Lipinski definition) is 1. The van der Waals surface area contributed by atoms with Crippen LogP contribution in [0.15, 0.2) is 6.07 Å². The molecule has 1 aliphatic heterocycles. The van der Waals surface area contributed by atoms with Gasteiger partial charge in [-0.2, -0.15) is 0 Å². The third-order valence-corrected chi connectivity index (χ3v) is 5.24. The zero-order valence-electron chi connectivity index (χ0n) is 15.8. The highest BCUT2D eigenvalue weighted by Crippen LogP contribution is 2.29. The Balaban J connectivity index is 2.12. The lowest BCUT2D eigenvalue weighted by Gasteiger charge is -2.39. The molecule has 0 aliphatic carbocycles. The largest absolute Gasteiger partial charge is 0.396 e. The maximum absolute atomic E-state index is 12.8. The Morgan fingerprint density at radius 1 is 1.46 bits per heavy atom. The lowest BCUT2D eigenvalue weighted by Crippen LogP contribution is -2.45. The zero-order chi connectivity index (χ0) is 17.9. The van der Waals surface area contributed by atoms with Crippen LogP contribution in [0.3, 0.4) is 0 Å². The number of piperidine rings is 1. The second kappa shape index (κ2) is 7.81. The van der Waals surface area contributed by atoms with E-state index in [0.717, 1.165) is 42.9 Å². The Labute approximate surface area is 145 Å². The molecular weight excluding hydrogens is 304 g/mol. The van der Waals surface area contributed by atoms with Crippen LogP contribution in [0.2, 0.25) is 0 Å². The van der Waals surface area contributed by atoms with E-state index in [1.165, 1.54) is 0 Å². The number of methoxy groups -OCH3 is 1. The second-order valence-electron chi connectivity index (χ2n) is 7.67. The number of hydrogen-bond acceptors (Lipinski definition) is 4. The molecule has 1 saturated heterocycles. The van der Waals surface area contributed by atoms with Crippen molar-refractivity contribution in [2.45, 2.75) is 46.6 Å². The lowest BCUT2D eigenvalue weighted by atomic mass is 9.82. The van der Waals surface area contributed by atoms with Crippen LogP contribution in [0.1, 0.15) is 54.5 Å². The smallest absolute Gasteiger partial charge is 0.178 e. The maximum atomic E-state index is 12.8. The van der Waals surface area contributed by atoms with Crippen molar-refractivity contribution >= 4 is 5.78 Å². The van der Waals surface area contributed by atoms with Gasteiger partial charge >= 0.3 is 0 Å². The molecule has 2 atom stereocenters. The van der Waals surface area contributed by atoms with Gasteiger partial charge in [-0.05, 0) is 46.2 Å². The molecule has 2 rings (SSSR count). The third-order valence-electron chi connectivity index (χ3n) is 5.24. The number of aromatic nitrogens is 1. The summed E-state index contributed by atoms with van der Waals surface area (Å²) in [7, 11) is 1.70. The van der Waals surface area contributed by atoms with Gasteiger partial charge in [0.1, 0.15) is 0 Å². The summed E-state index contributed by atoms with van der Waals surface area (Å²) in [6.07, 6.45) is 2.06. The summed E-state index contributed by atoms with van der Waals surface area (Å²) in [6, 6.07) is 2.21. The minimum absolute atomic E-state index is 0.0810. The van der Waals surface area contributed by atoms with Crippen molar-refractivity contribution in [3.8, 4) is 0 Å². The SMILES string of the molecule is COCC(C)n1c(C)cc(C(=O)CN2CCCC(C)(CO)C2)c1C. The molecule has 1 fully saturated rings. The van der Waals surface area contributed by atoms with E-state index in [-0.39, 0.29) is 23.8 Å². The fourth-order valence-electron chi connectivity index (χ4n) is 4.03. The number of ketones is 1. The molecule has 0 saturated carbocycles. The number of aliphatic hydroxyl groups excluding tert-OH is 1. The van der Waals surface area contributed by atoms with E-state index in [1.807, 2.05) is 19.9 Å². The van der Waals surface area contributed by atoms with Crippen molar-refractivity contribution in [2.24, 2.45) is 5.41 Å². The number of rotatable bonds is 7. The molecule has 2 unspecified atom stereocenters. The Hall–Kier alpha value is -1.17. The van der Waals surface area contributed by atoms with Gasteiger partial charge in [0.15, 0.2) is 5.78 Å². The molecule has 1 aliphatic rings. The number of likely N-dealkylation sites (tertiary alicyclic amines) is 1. The molecule has 0 aromatic carbocycles. The molecule has 5 heteroatoms. The van der Waals surface area contributed by atoms with Crippen LogP contribution in [0.4, 0.5) is 0 Å². The van der Waals surface area contributed by atoms with Crippen molar-refractivity contribution in [1.29, 1.82) is 0 Å². The van der Waals surface area contributed by atoms with Gasteiger partial charge in [-0.1, -0.05) is 6.92 Å². The Kier molecular flexibility index (Phi) is 6.23. The fourth-order valence-corrected chi connectivity index (χ4v) is 4.03. The molecule has 1 N–H and O–H groups in total. The summed E-state index contributed by atoms with van der Waals surface area (Å²) < 4.78 is 7.44. The van der Waals surface area contributed by atoms with Gasteiger partial charge in [0.2, 0.25) is 0 Å². The highest BCUT2D eigenvalue weighted by molar-refractivity contribution is 5.99. The fraction of sp³-hybridized carbons (Fsp3) is 0.737. The highest BCUT2D eigenvalue weighted by Gasteiger charge is 2.31. The first kappa shape index (κ1) is 19.2. The van der Waals surface area contributed by atoms with Gasteiger partial charge in [-0.15, -0.1) is 0 Å². The number of nitrogens with zero attached hydrogens (tertiary/aromatic N) is 2. The summed E-state index contributed by atoms with van der Waals surface area (Å²) in [5.74, 6) is 0.168. The normalized spacial score (nSPS) is 23.4. The molecule has 1 aromatic rings. The quantitative estimate of drug-likeness (QED) is 0.778. The highest BCUT2D eigenvalue weighted by atomic mass is 16.5. The molecule has 1 aromatic heterocycles. The van der Waals surface area contributed by atoms with Gasteiger partial charge in [-0.25, -0.2) is 0 Å². The molecular formula is C19H32N2O3. The van der Waals surface area contributed by atoms with Gasteiger partial charge < -0.3 is 14.4 Å². The molecule has 136 valence electrons. The van der Waals surface area contributed by atoms with Crippen molar-refractivity contribution in [3.05, 3.63) is 23.0 Å². The van der Waals surface area contributed by atoms with Crippen molar-refractivity contribution in [3.63, 3.8) is 0 Å². The van der Waals surface area contributed by atoms with Gasteiger partial charge in [0, 0.05) is 42.6 Å². The van der Waals surface area contributed by atoms with E-state index >= 15 is 0 Å². The van der Waals surface area contributed by atoms with E-state index in [4.69, 9.17) is 4.74 Å². The standard InChI is InChI=1S/C19H32N2O3/c1-14-9-17(16(3)21(14)15(2)11-24-5)18(23)10-20-8-6-7-19(4,12-20)13-22/h9,15,22H,6-8,10-13H2,1-5H3. The first-order chi connectivity index (χ1) is 11.3. The van der Waals surface area contributed by atoms with Crippen molar-refractivity contribution in [1.82, 2.24) is 9.47 Å². The van der Waals surface area contributed by atoms with E-state index in [0.29, 0.717) is 13.2 Å². The molecule has 0 amide bonds. The van der Waals surface area contributed by atoms with E-state index < -0.39 is 0 Å². The summed E-state index contributed by atoms with van der Waals surface area (Å²) in [4.78, 5) is 15.0. The van der Waals surface area contributed by atoms with Crippen molar-refractivity contribution in [2.75, 3.05) is 40.0 Å². The van der Waals surface area contributed by atoms with Gasteiger partial charge in [-0.3, -0.25) is 9.69 Å². The number of aliphatic hydroxyl groups is 1.